The van der Waals surface area contributed by atoms with Crippen LogP contribution in [0.4, 0.5) is 13.2 Å². The van der Waals surface area contributed by atoms with Gasteiger partial charge in [-0.1, -0.05) is 36.7 Å². The first-order chi connectivity index (χ1) is 9.43. The largest absolute Gasteiger partial charge is 0.417 e. The molecule has 0 spiro atoms. The van der Waals surface area contributed by atoms with Crippen LogP contribution in [0.5, 0.6) is 0 Å². The molecule has 0 heterocycles. The molecule has 0 radical (unpaired) electrons. The molecule has 7 heteroatoms. The molecule has 1 aromatic carbocycles. The number of carbonyl (C=O) groups excluding carboxylic acids is 2. The fourth-order valence-corrected chi connectivity index (χ4v) is 1.83. The van der Waals surface area contributed by atoms with E-state index in [9.17, 15) is 22.8 Å². The van der Waals surface area contributed by atoms with Gasteiger partial charge in [-0.3, -0.25) is 9.59 Å². The molecule has 0 aliphatic rings. The van der Waals surface area contributed by atoms with Crippen LogP contribution in [0.3, 0.4) is 0 Å². The van der Waals surface area contributed by atoms with Gasteiger partial charge in [0.15, 0.2) is 5.78 Å². The Morgan fingerprint density at radius 2 is 1.76 bits per heavy atom. The molecule has 0 saturated heterocycles. The number of Topliss-reactive ketones (excluding diaryl/α,β-unsaturated/α-hetero) is 1. The maximum atomic E-state index is 12.9. The van der Waals surface area contributed by atoms with Gasteiger partial charge in [0.25, 0.3) is 5.91 Å². The lowest BCUT2D eigenvalue weighted by Crippen LogP contribution is -2.36. The highest BCUT2D eigenvalue weighted by Crippen LogP contribution is 2.33. The molecule has 1 rings (SSSR count). The van der Waals surface area contributed by atoms with E-state index in [1.54, 1.807) is 20.8 Å². The molecule has 0 saturated carbocycles. The van der Waals surface area contributed by atoms with Crippen LogP contribution < -0.4 is 5.32 Å². The van der Waals surface area contributed by atoms with Crippen molar-refractivity contribution in [1.29, 1.82) is 0 Å². The quantitative estimate of drug-likeness (QED) is 0.884. The van der Waals surface area contributed by atoms with Crippen molar-refractivity contribution in [3.8, 4) is 0 Å². The summed E-state index contributed by atoms with van der Waals surface area (Å²) in [6.45, 7) is 4.70. The van der Waals surface area contributed by atoms with Gasteiger partial charge in [0.1, 0.15) is 0 Å². The molecular formula is C14H15BrF3NO2. The van der Waals surface area contributed by atoms with Crippen LogP contribution in [-0.4, -0.2) is 18.2 Å². The third-order valence-corrected chi connectivity index (χ3v) is 3.27. The minimum atomic E-state index is -4.65. The van der Waals surface area contributed by atoms with Crippen LogP contribution in [0.15, 0.2) is 22.7 Å². The zero-order chi connectivity index (χ0) is 16.4. The van der Waals surface area contributed by atoms with Crippen LogP contribution in [0, 0.1) is 5.41 Å². The average molecular weight is 366 g/mol. The minimum Gasteiger partial charge on any atom is -0.345 e. The molecule has 0 aliphatic carbocycles. The van der Waals surface area contributed by atoms with Crippen LogP contribution in [0.1, 0.15) is 36.7 Å². The van der Waals surface area contributed by atoms with Crippen LogP contribution in [-0.2, 0) is 11.0 Å². The van der Waals surface area contributed by atoms with Crippen molar-refractivity contribution in [2.75, 3.05) is 6.54 Å². The second-order valence-electron chi connectivity index (χ2n) is 5.54. The highest BCUT2D eigenvalue weighted by atomic mass is 79.9. The van der Waals surface area contributed by atoms with Crippen LogP contribution >= 0.6 is 15.9 Å². The molecule has 0 fully saturated rings. The second-order valence-corrected chi connectivity index (χ2v) is 6.46. The number of ketones is 1. The van der Waals surface area contributed by atoms with E-state index in [0.717, 1.165) is 12.1 Å². The molecule has 21 heavy (non-hydrogen) atoms. The molecule has 1 N–H and O–H groups in total. The number of alkyl halides is 3. The van der Waals surface area contributed by atoms with E-state index in [4.69, 9.17) is 0 Å². The topological polar surface area (TPSA) is 46.2 Å². The fourth-order valence-electron chi connectivity index (χ4n) is 1.47. The summed E-state index contributed by atoms with van der Waals surface area (Å²) < 4.78 is 38.9. The molecule has 0 atom stereocenters. The van der Waals surface area contributed by atoms with Gasteiger partial charge in [-0.15, -0.1) is 0 Å². The molecule has 3 nitrogen and oxygen atoms in total. The third kappa shape index (κ3) is 4.84. The number of nitrogens with one attached hydrogen (secondary N) is 1. The molecular weight excluding hydrogens is 351 g/mol. The van der Waals surface area contributed by atoms with Gasteiger partial charge in [-0.05, 0) is 18.2 Å². The Balaban J connectivity index is 2.96. The minimum absolute atomic E-state index is 0.220. The van der Waals surface area contributed by atoms with E-state index in [1.807, 2.05) is 0 Å². The van der Waals surface area contributed by atoms with Gasteiger partial charge in [-0.25, -0.2) is 0 Å². The lowest BCUT2D eigenvalue weighted by molar-refractivity contribution is -0.138. The Bertz CT molecular complexity index is 562. The fraction of sp³-hybridized carbons (Fsp3) is 0.429. The van der Waals surface area contributed by atoms with Crippen molar-refractivity contribution in [2.24, 2.45) is 5.41 Å². The van der Waals surface area contributed by atoms with Gasteiger partial charge in [0, 0.05) is 9.89 Å². The number of halogens is 4. The Morgan fingerprint density at radius 1 is 1.19 bits per heavy atom. The van der Waals surface area contributed by atoms with E-state index in [1.165, 1.54) is 6.07 Å². The summed E-state index contributed by atoms with van der Waals surface area (Å²) in [6.07, 6.45) is -4.65. The standard InChI is InChI=1S/C14H15BrF3NO2/c1-13(2,3)11(20)7-19-12(21)9-5-4-8(15)6-10(9)14(16,17)18/h4-6H,7H2,1-3H3,(H,19,21). The van der Waals surface area contributed by atoms with Crippen LogP contribution in [0.2, 0.25) is 0 Å². The molecule has 1 aromatic rings. The summed E-state index contributed by atoms with van der Waals surface area (Å²) in [6, 6.07) is 3.25. The maximum absolute atomic E-state index is 12.9. The van der Waals surface area contributed by atoms with Crippen LogP contribution in [0.25, 0.3) is 0 Å². The van der Waals surface area contributed by atoms with E-state index < -0.39 is 28.6 Å². The molecule has 1 amide bonds. The lowest BCUT2D eigenvalue weighted by Gasteiger charge is -2.17. The Hall–Kier alpha value is -1.37. The normalized spacial score (nSPS) is 12.1. The molecule has 0 unspecified atom stereocenters. The summed E-state index contributed by atoms with van der Waals surface area (Å²) in [5, 5.41) is 2.23. The van der Waals surface area contributed by atoms with Gasteiger partial charge in [0.2, 0.25) is 0 Å². The number of amides is 1. The summed E-state index contributed by atoms with van der Waals surface area (Å²) >= 11 is 2.94. The number of hydrogen-bond acceptors (Lipinski definition) is 2. The first-order valence-electron chi connectivity index (χ1n) is 6.11. The first-order valence-corrected chi connectivity index (χ1v) is 6.90. The van der Waals surface area contributed by atoms with E-state index >= 15 is 0 Å². The summed E-state index contributed by atoms with van der Waals surface area (Å²) in [5.74, 6) is -1.19. The van der Waals surface area contributed by atoms with Crippen molar-refractivity contribution in [3.63, 3.8) is 0 Å². The zero-order valence-electron chi connectivity index (χ0n) is 11.8. The van der Waals surface area contributed by atoms with Crippen molar-refractivity contribution >= 4 is 27.6 Å². The van der Waals surface area contributed by atoms with E-state index in [0.29, 0.717) is 0 Å². The van der Waals surface area contributed by atoms with E-state index in [-0.39, 0.29) is 16.8 Å². The third-order valence-electron chi connectivity index (χ3n) is 2.78. The summed E-state index contributed by atoms with van der Waals surface area (Å²) in [4.78, 5) is 23.6. The smallest absolute Gasteiger partial charge is 0.345 e. The number of rotatable bonds is 3. The predicted molar refractivity (Wildman–Crippen MR) is 75.9 cm³/mol. The van der Waals surface area contributed by atoms with Gasteiger partial charge >= 0.3 is 6.18 Å². The predicted octanol–water partition coefficient (Wildman–Crippen LogP) is 3.81. The molecule has 0 aromatic heterocycles. The summed E-state index contributed by atoms with van der Waals surface area (Å²) in [7, 11) is 0. The second kappa shape index (κ2) is 6.17. The lowest BCUT2D eigenvalue weighted by atomic mass is 9.91. The van der Waals surface area contributed by atoms with Crippen molar-refractivity contribution < 1.29 is 22.8 Å². The van der Waals surface area contributed by atoms with Crippen molar-refractivity contribution in [1.82, 2.24) is 5.32 Å². The highest BCUT2D eigenvalue weighted by molar-refractivity contribution is 9.10. The van der Waals surface area contributed by atoms with E-state index in [2.05, 4.69) is 21.2 Å². The Morgan fingerprint density at radius 3 is 2.24 bits per heavy atom. The average Bonchev–Trinajstić information content (AvgIpc) is 2.33. The monoisotopic (exact) mass is 365 g/mol. The van der Waals surface area contributed by atoms with Crippen molar-refractivity contribution in [3.05, 3.63) is 33.8 Å². The van der Waals surface area contributed by atoms with Gasteiger partial charge in [0.05, 0.1) is 17.7 Å². The Labute approximate surface area is 129 Å². The number of hydrogen-bond donors (Lipinski definition) is 1. The van der Waals surface area contributed by atoms with Gasteiger partial charge in [-0.2, -0.15) is 13.2 Å². The van der Waals surface area contributed by atoms with Gasteiger partial charge < -0.3 is 5.32 Å². The highest BCUT2D eigenvalue weighted by Gasteiger charge is 2.35. The number of carbonyl (C=O) groups is 2. The zero-order valence-corrected chi connectivity index (χ0v) is 13.4. The first kappa shape index (κ1) is 17.7. The maximum Gasteiger partial charge on any atom is 0.417 e. The molecule has 0 bridgehead atoms. The Kier molecular flexibility index (Phi) is 5.20. The number of benzene rings is 1. The molecule has 116 valence electrons. The summed E-state index contributed by atoms with van der Waals surface area (Å²) in [5.41, 5.74) is -2.22. The SMILES string of the molecule is CC(C)(C)C(=O)CNC(=O)c1ccc(Br)cc1C(F)(F)F. The molecule has 0 aliphatic heterocycles. The van der Waals surface area contributed by atoms with Crippen molar-refractivity contribution in [2.45, 2.75) is 26.9 Å².